The number of rotatable bonds is 1. The average molecular weight is 185 g/mol. The van der Waals surface area contributed by atoms with Crippen LogP contribution < -0.4 is 0 Å². The molecule has 0 saturated carbocycles. The summed E-state index contributed by atoms with van der Waals surface area (Å²) in [5, 5.41) is 0. The largest absolute Gasteiger partial charge is 0.468 e. The second-order valence-corrected chi connectivity index (χ2v) is 4.55. The third-order valence-corrected chi connectivity index (χ3v) is 2.59. The first-order valence-electron chi connectivity index (χ1n) is 4.81. The van der Waals surface area contributed by atoms with Crippen molar-refractivity contribution in [2.24, 2.45) is 0 Å². The molecule has 13 heavy (non-hydrogen) atoms. The third kappa shape index (κ3) is 2.21. The van der Waals surface area contributed by atoms with Crippen molar-refractivity contribution in [2.45, 2.75) is 45.2 Å². The molecule has 0 N–H and O–H groups in total. The molecule has 3 heteroatoms. The highest BCUT2D eigenvalue weighted by Crippen LogP contribution is 2.26. The van der Waals surface area contributed by atoms with Crippen LogP contribution in [0.5, 0.6) is 0 Å². The van der Waals surface area contributed by atoms with E-state index in [-0.39, 0.29) is 17.6 Å². The minimum absolute atomic E-state index is 0.0231. The van der Waals surface area contributed by atoms with Gasteiger partial charge in [-0.15, -0.1) is 0 Å². The molecule has 76 valence electrons. The van der Waals surface area contributed by atoms with E-state index in [1.165, 1.54) is 7.11 Å². The molecule has 3 nitrogen and oxygen atoms in total. The van der Waals surface area contributed by atoms with Crippen LogP contribution in [0.25, 0.3) is 0 Å². The van der Waals surface area contributed by atoms with Gasteiger partial charge in [0.25, 0.3) is 0 Å². The van der Waals surface area contributed by atoms with Gasteiger partial charge in [-0.25, -0.2) is 0 Å². The summed E-state index contributed by atoms with van der Waals surface area (Å²) in [4.78, 5) is 13.6. The maximum absolute atomic E-state index is 11.4. The van der Waals surface area contributed by atoms with Gasteiger partial charge in [-0.1, -0.05) is 0 Å². The molecule has 0 aromatic carbocycles. The summed E-state index contributed by atoms with van der Waals surface area (Å²) >= 11 is 0. The maximum atomic E-state index is 11.4. The van der Waals surface area contributed by atoms with Crippen LogP contribution in [-0.2, 0) is 9.53 Å². The van der Waals surface area contributed by atoms with E-state index in [0.717, 1.165) is 19.4 Å². The van der Waals surface area contributed by atoms with Gasteiger partial charge in [-0.2, -0.15) is 0 Å². The van der Waals surface area contributed by atoms with Crippen LogP contribution in [0.15, 0.2) is 0 Å². The zero-order valence-electron chi connectivity index (χ0n) is 8.96. The van der Waals surface area contributed by atoms with Crippen molar-refractivity contribution in [3.05, 3.63) is 0 Å². The molecule has 1 rings (SSSR count). The van der Waals surface area contributed by atoms with Crippen LogP contribution in [0.1, 0.15) is 33.6 Å². The van der Waals surface area contributed by atoms with Gasteiger partial charge >= 0.3 is 5.97 Å². The van der Waals surface area contributed by atoms with Crippen LogP contribution in [0.4, 0.5) is 0 Å². The highest BCUT2D eigenvalue weighted by Gasteiger charge is 2.37. The normalized spacial score (nSPS) is 24.8. The summed E-state index contributed by atoms with van der Waals surface area (Å²) in [5.74, 6) is -0.0903. The van der Waals surface area contributed by atoms with Crippen molar-refractivity contribution in [1.29, 1.82) is 0 Å². The standard InChI is InChI=1S/C10H19NO2/c1-10(2,3)11-7-5-6-8(11)9(12)13-4/h8H,5-7H2,1-4H3. The molecule has 0 radical (unpaired) electrons. The number of likely N-dealkylation sites (tertiary alicyclic amines) is 1. The number of esters is 1. The quantitative estimate of drug-likeness (QED) is 0.579. The van der Waals surface area contributed by atoms with Crippen molar-refractivity contribution in [3.8, 4) is 0 Å². The van der Waals surface area contributed by atoms with E-state index in [1.54, 1.807) is 0 Å². The minimum Gasteiger partial charge on any atom is -0.468 e. The van der Waals surface area contributed by atoms with Gasteiger partial charge in [0.05, 0.1) is 7.11 Å². The summed E-state index contributed by atoms with van der Waals surface area (Å²) in [6.07, 6.45) is 2.03. The first-order valence-corrected chi connectivity index (χ1v) is 4.81. The van der Waals surface area contributed by atoms with Gasteiger partial charge in [0, 0.05) is 5.54 Å². The van der Waals surface area contributed by atoms with Crippen molar-refractivity contribution < 1.29 is 9.53 Å². The van der Waals surface area contributed by atoms with E-state index in [4.69, 9.17) is 4.74 Å². The van der Waals surface area contributed by atoms with Crippen molar-refractivity contribution >= 4 is 5.97 Å². The van der Waals surface area contributed by atoms with Gasteiger partial charge in [-0.05, 0) is 40.2 Å². The summed E-state index contributed by atoms with van der Waals surface area (Å²) < 4.78 is 4.78. The first kappa shape index (κ1) is 10.5. The molecule has 1 fully saturated rings. The van der Waals surface area contributed by atoms with E-state index in [2.05, 4.69) is 25.7 Å². The smallest absolute Gasteiger partial charge is 0.323 e. The molecule has 1 heterocycles. The Kier molecular flexibility index (Phi) is 2.96. The van der Waals surface area contributed by atoms with E-state index in [1.807, 2.05) is 0 Å². The molecule has 0 spiro atoms. The van der Waals surface area contributed by atoms with Crippen LogP contribution in [0, 0.1) is 0 Å². The number of nitrogens with zero attached hydrogens (tertiary/aromatic N) is 1. The lowest BCUT2D eigenvalue weighted by molar-refractivity contribution is -0.147. The summed E-state index contributed by atoms with van der Waals surface area (Å²) in [5.41, 5.74) is 0.0648. The molecule has 0 bridgehead atoms. The lowest BCUT2D eigenvalue weighted by atomic mass is 10.0. The minimum atomic E-state index is -0.0903. The predicted octanol–water partition coefficient (Wildman–Crippen LogP) is 1.42. The molecule has 1 unspecified atom stereocenters. The Morgan fingerprint density at radius 1 is 1.46 bits per heavy atom. The zero-order valence-corrected chi connectivity index (χ0v) is 8.96. The van der Waals surface area contributed by atoms with Gasteiger partial charge in [0.1, 0.15) is 6.04 Å². The molecular weight excluding hydrogens is 166 g/mol. The number of hydrogen-bond donors (Lipinski definition) is 0. The Morgan fingerprint density at radius 2 is 2.08 bits per heavy atom. The topological polar surface area (TPSA) is 29.5 Å². The van der Waals surface area contributed by atoms with E-state index < -0.39 is 0 Å². The van der Waals surface area contributed by atoms with E-state index in [9.17, 15) is 4.79 Å². The van der Waals surface area contributed by atoms with Crippen LogP contribution >= 0.6 is 0 Å². The molecular formula is C10H19NO2. The fourth-order valence-electron chi connectivity index (χ4n) is 1.95. The lowest BCUT2D eigenvalue weighted by Gasteiger charge is -2.35. The molecule has 1 aliphatic rings. The molecule has 1 atom stereocenters. The van der Waals surface area contributed by atoms with Crippen LogP contribution in [0.2, 0.25) is 0 Å². The molecule has 0 aliphatic carbocycles. The van der Waals surface area contributed by atoms with E-state index >= 15 is 0 Å². The van der Waals surface area contributed by atoms with Crippen LogP contribution in [0.3, 0.4) is 0 Å². The summed E-state index contributed by atoms with van der Waals surface area (Å²) in [7, 11) is 1.46. The Bertz CT molecular complexity index is 196. The molecule has 1 aliphatic heterocycles. The van der Waals surface area contributed by atoms with Gasteiger partial charge < -0.3 is 4.74 Å². The fraction of sp³-hybridized carbons (Fsp3) is 0.900. The Hall–Kier alpha value is -0.570. The Labute approximate surface area is 80.1 Å². The average Bonchev–Trinajstić information content (AvgIpc) is 2.49. The van der Waals surface area contributed by atoms with Gasteiger partial charge in [0.15, 0.2) is 0 Å². The van der Waals surface area contributed by atoms with Gasteiger partial charge in [0.2, 0.25) is 0 Å². The number of carbonyl (C=O) groups is 1. The van der Waals surface area contributed by atoms with Crippen LogP contribution in [-0.4, -0.2) is 36.1 Å². The second kappa shape index (κ2) is 3.66. The Morgan fingerprint density at radius 3 is 2.54 bits per heavy atom. The highest BCUT2D eigenvalue weighted by molar-refractivity contribution is 5.76. The SMILES string of the molecule is COC(=O)C1CCCN1C(C)(C)C. The first-order chi connectivity index (χ1) is 5.96. The molecule has 1 saturated heterocycles. The monoisotopic (exact) mass is 185 g/mol. The number of carbonyl (C=O) groups excluding carboxylic acids is 1. The third-order valence-electron chi connectivity index (χ3n) is 2.59. The summed E-state index contributed by atoms with van der Waals surface area (Å²) in [6, 6.07) is -0.0231. The fourth-order valence-corrected chi connectivity index (χ4v) is 1.95. The van der Waals surface area contributed by atoms with Crippen molar-refractivity contribution in [1.82, 2.24) is 4.90 Å². The van der Waals surface area contributed by atoms with Crippen molar-refractivity contribution in [2.75, 3.05) is 13.7 Å². The summed E-state index contributed by atoms with van der Waals surface area (Å²) in [6.45, 7) is 7.40. The predicted molar refractivity (Wildman–Crippen MR) is 51.5 cm³/mol. The van der Waals surface area contributed by atoms with E-state index in [0.29, 0.717) is 0 Å². The molecule has 0 aromatic rings. The zero-order chi connectivity index (χ0) is 10.1. The Balaban J connectivity index is 2.70. The second-order valence-electron chi connectivity index (χ2n) is 4.55. The number of hydrogen-bond acceptors (Lipinski definition) is 3. The number of methoxy groups -OCH3 is 1. The van der Waals surface area contributed by atoms with Crippen molar-refractivity contribution in [3.63, 3.8) is 0 Å². The van der Waals surface area contributed by atoms with Gasteiger partial charge in [-0.3, -0.25) is 9.69 Å². The maximum Gasteiger partial charge on any atom is 0.323 e. The lowest BCUT2D eigenvalue weighted by Crippen LogP contribution is -2.48. The number of ether oxygens (including phenoxy) is 1. The molecule has 0 aromatic heterocycles. The molecule has 0 amide bonds. The highest BCUT2D eigenvalue weighted by atomic mass is 16.5.